The first-order chi connectivity index (χ1) is 9.92. The van der Waals surface area contributed by atoms with E-state index >= 15 is 0 Å². The Hall–Kier alpha value is -0.500. The van der Waals surface area contributed by atoms with E-state index in [-0.39, 0.29) is 0 Å². The Morgan fingerprint density at radius 1 is 1.19 bits per heavy atom. The van der Waals surface area contributed by atoms with Crippen molar-refractivity contribution in [1.82, 2.24) is 0 Å². The van der Waals surface area contributed by atoms with Crippen molar-refractivity contribution < 1.29 is 4.74 Å². The second-order valence-corrected chi connectivity index (χ2v) is 9.40. The first-order valence-corrected chi connectivity index (χ1v) is 9.05. The lowest BCUT2D eigenvalue weighted by atomic mass is 9.40. The quantitative estimate of drug-likeness (QED) is 0.658. The lowest BCUT2D eigenvalue weighted by Crippen LogP contribution is -2.54. The van der Waals surface area contributed by atoms with Gasteiger partial charge in [-0.3, -0.25) is 0 Å². The highest BCUT2D eigenvalue weighted by Gasteiger charge is 2.59. The highest BCUT2D eigenvalue weighted by atomic mass is 79.9. The predicted octanol–water partition coefficient (Wildman–Crippen LogP) is 5.78. The van der Waals surface area contributed by atoms with Crippen molar-refractivity contribution >= 4 is 15.9 Å². The standard InChI is InChI=1S/C19H25BrO/c1-18-8-12-6-13(10-18)17(19(2,9-12)11-18)15-7-14(20)4-5-16(15)21-3/h4-5,7,12-13,17H,6,8-11H2,1-3H3. The highest BCUT2D eigenvalue weighted by molar-refractivity contribution is 9.10. The molecule has 4 aliphatic carbocycles. The third kappa shape index (κ3) is 2.09. The molecule has 114 valence electrons. The number of methoxy groups -OCH3 is 1. The van der Waals surface area contributed by atoms with Gasteiger partial charge in [0.25, 0.3) is 0 Å². The van der Waals surface area contributed by atoms with Crippen LogP contribution in [0.15, 0.2) is 22.7 Å². The molecule has 5 unspecified atom stereocenters. The van der Waals surface area contributed by atoms with Crippen LogP contribution >= 0.6 is 15.9 Å². The number of rotatable bonds is 2. The first kappa shape index (κ1) is 14.1. The van der Waals surface area contributed by atoms with Gasteiger partial charge in [0.05, 0.1) is 7.11 Å². The number of halogens is 1. The molecule has 1 aromatic rings. The Morgan fingerprint density at radius 3 is 2.67 bits per heavy atom. The second kappa shape index (κ2) is 4.50. The summed E-state index contributed by atoms with van der Waals surface area (Å²) in [6, 6.07) is 6.55. The van der Waals surface area contributed by atoms with Gasteiger partial charge in [-0.15, -0.1) is 0 Å². The molecule has 4 aliphatic rings. The van der Waals surface area contributed by atoms with E-state index in [9.17, 15) is 0 Å². The fourth-order valence-corrected chi connectivity index (χ4v) is 7.03. The van der Waals surface area contributed by atoms with Gasteiger partial charge in [0.15, 0.2) is 0 Å². The molecular weight excluding hydrogens is 324 g/mol. The van der Waals surface area contributed by atoms with Gasteiger partial charge >= 0.3 is 0 Å². The molecule has 0 radical (unpaired) electrons. The Labute approximate surface area is 136 Å². The van der Waals surface area contributed by atoms with E-state index in [0.717, 1.165) is 17.6 Å². The van der Waals surface area contributed by atoms with Crippen LogP contribution in [0.25, 0.3) is 0 Å². The molecule has 1 nitrogen and oxygen atoms in total. The molecule has 4 bridgehead atoms. The summed E-state index contributed by atoms with van der Waals surface area (Å²) in [4.78, 5) is 0. The Kier molecular flexibility index (Phi) is 3.03. The van der Waals surface area contributed by atoms with Crippen LogP contribution in [0, 0.1) is 22.7 Å². The van der Waals surface area contributed by atoms with Crippen LogP contribution in [-0.2, 0) is 0 Å². The number of benzene rings is 1. The summed E-state index contributed by atoms with van der Waals surface area (Å²) < 4.78 is 6.89. The first-order valence-electron chi connectivity index (χ1n) is 8.26. The van der Waals surface area contributed by atoms with Gasteiger partial charge < -0.3 is 4.74 Å². The number of hydrogen-bond acceptors (Lipinski definition) is 1. The van der Waals surface area contributed by atoms with Crippen molar-refractivity contribution in [3.05, 3.63) is 28.2 Å². The SMILES string of the molecule is COc1ccc(Br)cc1C1C2CC3CC(C)(C2)CC1(C)C3. The van der Waals surface area contributed by atoms with Gasteiger partial charge in [-0.1, -0.05) is 29.8 Å². The summed E-state index contributed by atoms with van der Waals surface area (Å²) >= 11 is 3.67. The van der Waals surface area contributed by atoms with Crippen LogP contribution in [0.2, 0.25) is 0 Å². The van der Waals surface area contributed by atoms with E-state index in [4.69, 9.17) is 4.74 Å². The van der Waals surface area contributed by atoms with Crippen molar-refractivity contribution in [1.29, 1.82) is 0 Å². The summed E-state index contributed by atoms with van der Waals surface area (Å²) in [6.07, 6.45) is 7.14. The monoisotopic (exact) mass is 348 g/mol. The van der Waals surface area contributed by atoms with Crippen LogP contribution in [0.1, 0.15) is 57.4 Å². The average molecular weight is 349 g/mol. The molecule has 0 aliphatic heterocycles. The zero-order valence-electron chi connectivity index (χ0n) is 13.3. The van der Waals surface area contributed by atoms with Gasteiger partial charge in [0.1, 0.15) is 5.75 Å². The molecule has 5 rings (SSSR count). The third-order valence-corrected chi connectivity index (χ3v) is 7.00. The van der Waals surface area contributed by atoms with Crippen molar-refractivity contribution in [3.8, 4) is 5.75 Å². The topological polar surface area (TPSA) is 9.23 Å². The number of hydrogen-bond donors (Lipinski definition) is 0. The van der Waals surface area contributed by atoms with E-state index in [1.54, 1.807) is 0 Å². The van der Waals surface area contributed by atoms with E-state index in [2.05, 4.69) is 48.0 Å². The lowest BCUT2D eigenvalue weighted by Gasteiger charge is -2.64. The normalized spacial score (nSPS) is 44.1. The minimum absolute atomic E-state index is 0.465. The summed E-state index contributed by atoms with van der Waals surface area (Å²) in [5.41, 5.74) is 2.52. The molecule has 21 heavy (non-hydrogen) atoms. The van der Waals surface area contributed by atoms with Gasteiger partial charge in [-0.2, -0.15) is 0 Å². The van der Waals surface area contributed by atoms with Crippen LogP contribution in [0.3, 0.4) is 0 Å². The molecule has 2 heteroatoms. The molecule has 0 amide bonds. The maximum absolute atomic E-state index is 5.71. The van der Waals surface area contributed by atoms with Gasteiger partial charge in [-0.05, 0) is 84.5 Å². The van der Waals surface area contributed by atoms with Gasteiger partial charge in [-0.25, -0.2) is 0 Å². The Bertz CT molecular complexity index is 583. The molecular formula is C19H25BrO. The summed E-state index contributed by atoms with van der Waals surface area (Å²) in [6.45, 7) is 5.09. The third-order valence-electron chi connectivity index (χ3n) is 6.51. The fourth-order valence-electron chi connectivity index (χ4n) is 6.65. The molecule has 4 saturated carbocycles. The minimum Gasteiger partial charge on any atom is -0.496 e. The molecule has 0 aromatic heterocycles. The molecule has 0 N–H and O–H groups in total. The minimum atomic E-state index is 0.465. The van der Waals surface area contributed by atoms with Crippen LogP contribution in [-0.4, -0.2) is 7.11 Å². The average Bonchev–Trinajstić information content (AvgIpc) is 2.35. The summed E-state index contributed by atoms with van der Waals surface area (Å²) in [5, 5.41) is 0. The van der Waals surface area contributed by atoms with Crippen LogP contribution in [0.5, 0.6) is 5.75 Å². The summed E-state index contributed by atoms with van der Waals surface area (Å²) in [5.74, 6) is 3.59. The molecule has 0 saturated heterocycles. The molecule has 0 spiro atoms. The Morgan fingerprint density at radius 2 is 2.00 bits per heavy atom. The fraction of sp³-hybridized carbons (Fsp3) is 0.684. The second-order valence-electron chi connectivity index (χ2n) is 8.48. The van der Waals surface area contributed by atoms with Crippen LogP contribution < -0.4 is 4.74 Å². The lowest BCUT2D eigenvalue weighted by molar-refractivity contribution is -0.112. The molecule has 4 fully saturated rings. The summed E-state index contributed by atoms with van der Waals surface area (Å²) in [7, 11) is 1.81. The molecule has 0 heterocycles. The van der Waals surface area contributed by atoms with E-state index in [0.29, 0.717) is 16.7 Å². The maximum atomic E-state index is 5.71. The molecule has 5 atom stereocenters. The van der Waals surface area contributed by atoms with Gasteiger partial charge in [0, 0.05) is 4.47 Å². The Balaban J connectivity index is 1.81. The largest absolute Gasteiger partial charge is 0.496 e. The van der Waals surface area contributed by atoms with E-state index in [1.807, 2.05) is 7.11 Å². The van der Waals surface area contributed by atoms with Crippen molar-refractivity contribution in [2.45, 2.75) is 51.9 Å². The van der Waals surface area contributed by atoms with E-state index in [1.165, 1.54) is 42.1 Å². The smallest absolute Gasteiger partial charge is 0.122 e. The number of ether oxygens (including phenoxy) is 1. The van der Waals surface area contributed by atoms with Crippen LogP contribution in [0.4, 0.5) is 0 Å². The van der Waals surface area contributed by atoms with Gasteiger partial charge in [0.2, 0.25) is 0 Å². The molecule has 1 aromatic carbocycles. The maximum Gasteiger partial charge on any atom is 0.122 e. The predicted molar refractivity (Wildman–Crippen MR) is 89.7 cm³/mol. The van der Waals surface area contributed by atoms with Crippen molar-refractivity contribution in [2.75, 3.05) is 7.11 Å². The van der Waals surface area contributed by atoms with Crippen molar-refractivity contribution in [3.63, 3.8) is 0 Å². The van der Waals surface area contributed by atoms with Crippen molar-refractivity contribution in [2.24, 2.45) is 22.7 Å². The van der Waals surface area contributed by atoms with E-state index < -0.39 is 0 Å². The zero-order valence-corrected chi connectivity index (χ0v) is 14.9. The highest BCUT2D eigenvalue weighted by Crippen LogP contribution is 2.70. The zero-order chi connectivity index (χ0) is 14.8.